The number of amides is 3. The fourth-order valence-corrected chi connectivity index (χ4v) is 6.14. The van der Waals surface area contributed by atoms with Crippen molar-refractivity contribution in [1.29, 1.82) is 0 Å². The highest BCUT2D eigenvalue weighted by atomic mass is 35.5. The Morgan fingerprint density at radius 2 is 1.69 bits per heavy atom. The number of halogens is 4. The number of nitrogens with one attached hydrogen (secondary N) is 1. The molecule has 2 aliphatic heterocycles. The number of rotatable bonds is 10. The number of nitrogens with zero attached hydrogens (tertiary/aromatic N) is 2. The van der Waals surface area contributed by atoms with Gasteiger partial charge in [-0.2, -0.15) is 13.2 Å². The molecule has 3 aliphatic rings. The van der Waals surface area contributed by atoms with E-state index in [2.05, 4.69) is 5.32 Å². The molecule has 248 valence electrons. The summed E-state index contributed by atoms with van der Waals surface area (Å²) in [7, 11) is 0. The predicted molar refractivity (Wildman–Crippen MR) is 165 cm³/mol. The second-order valence-corrected chi connectivity index (χ2v) is 13.5. The monoisotopic (exact) mass is 653 g/mol. The SMILES string of the molecule is CC(C)(C)OC(=O)NC1CN(C(=O)C2=C(Cl)CC(OCCCCC3CCN(C(=O)[C@H](c4ccccc4)C(F)(F)F)CC3)C=C2)C1. The van der Waals surface area contributed by atoms with Crippen LogP contribution in [0.4, 0.5) is 18.0 Å². The van der Waals surface area contributed by atoms with E-state index in [1.54, 1.807) is 37.8 Å². The normalized spacial score (nSPS) is 20.6. The molecule has 1 aromatic rings. The first kappa shape index (κ1) is 34.8. The van der Waals surface area contributed by atoms with Crippen molar-refractivity contribution < 1.29 is 37.0 Å². The zero-order valence-corrected chi connectivity index (χ0v) is 26.8. The quantitative estimate of drug-likeness (QED) is 0.299. The Labute approximate surface area is 267 Å². The van der Waals surface area contributed by atoms with E-state index in [0.29, 0.717) is 68.6 Å². The minimum absolute atomic E-state index is 0.0245. The third kappa shape index (κ3) is 9.97. The lowest BCUT2D eigenvalue weighted by Gasteiger charge is -2.40. The average molecular weight is 654 g/mol. The number of carbonyl (C=O) groups excluding carboxylic acids is 3. The highest BCUT2D eigenvalue weighted by molar-refractivity contribution is 6.32. The van der Waals surface area contributed by atoms with Gasteiger partial charge in [-0.3, -0.25) is 9.59 Å². The van der Waals surface area contributed by atoms with Gasteiger partial charge in [0.1, 0.15) is 5.60 Å². The lowest BCUT2D eigenvalue weighted by molar-refractivity contribution is -0.173. The van der Waals surface area contributed by atoms with Crippen molar-refractivity contribution in [1.82, 2.24) is 15.1 Å². The van der Waals surface area contributed by atoms with Crippen LogP contribution in [0.3, 0.4) is 0 Å². The van der Waals surface area contributed by atoms with Crippen molar-refractivity contribution >= 4 is 29.5 Å². The van der Waals surface area contributed by atoms with Gasteiger partial charge in [-0.1, -0.05) is 60.9 Å². The van der Waals surface area contributed by atoms with Crippen molar-refractivity contribution in [2.45, 2.75) is 89.1 Å². The first-order chi connectivity index (χ1) is 21.2. The fraction of sp³-hybridized carbons (Fsp3) is 0.606. The van der Waals surface area contributed by atoms with Crippen LogP contribution < -0.4 is 5.32 Å². The van der Waals surface area contributed by atoms with E-state index in [1.807, 2.05) is 6.08 Å². The number of piperidine rings is 1. The zero-order valence-electron chi connectivity index (χ0n) is 26.1. The van der Waals surface area contributed by atoms with Gasteiger partial charge >= 0.3 is 12.3 Å². The third-order valence-corrected chi connectivity index (χ3v) is 8.60. The molecular formula is C33H43ClF3N3O5. The van der Waals surface area contributed by atoms with Crippen molar-refractivity contribution in [2.75, 3.05) is 32.8 Å². The molecule has 1 unspecified atom stereocenters. The van der Waals surface area contributed by atoms with Crippen LogP contribution in [0.25, 0.3) is 0 Å². The van der Waals surface area contributed by atoms with E-state index >= 15 is 0 Å². The second kappa shape index (κ2) is 15.0. The maximum Gasteiger partial charge on any atom is 0.407 e. The highest BCUT2D eigenvalue weighted by Gasteiger charge is 2.48. The smallest absolute Gasteiger partial charge is 0.407 e. The van der Waals surface area contributed by atoms with Crippen molar-refractivity contribution in [3.8, 4) is 0 Å². The minimum Gasteiger partial charge on any atom is -0.444 e. The number of carbonyl (C=O) groups is 3. The van der Waals surface area contributed by atoms with Gasteiger partial charge in [0.2, 0.25) is 5.91 Å². The summed E-state index contributed by atoms with van der Waals surface area (Å²) in [5.74, 6) is -2.83. The van der Waals surface area contributed by atoms with Crippen molar-refractivity contribution in [3.05, 3.63) is 58.7 Å². The van der Waals surface area contributed by atoms with E-state index in [4.69, 9.17) is 21.1 Å². The van der Waals surface area contributed by atoms with Crippen molar-refractivity contribution in [3.63, 3.8) is 0 Å². The van der Waals surface area contributed by atoms with Gasteiger partial charge < -0.3 is 24.6 Å². The molecule has 2 atom stereocenters. The number of benzene rings is 1. The summed E-state index contributed by atoms with van der Waals surface area (Å²) in [6.07, 6.45) is 2.59. The largest absolute Gasteiger partial charge is 0.444 e. The molecule has 0 bridgehead atoms. The predicted octanol–water partition coefficient (Wildman–Crippen LogP) is 6.31. The molecule has 0 aromatic heterocycles. The van der Waals surface area contributed by atoms with Crippen LogP contribution in [-0.2, 0) is 19.1 Å². The van der Waals surface area contributed by atoms with E-state index in [-0.39, 0.29) is 23.6 Å². The Morgan fingerprint density at radius 1 is 1.02 bits per heavy atom. The van der Waals surface area contributed by atoms with E-state index in [0.717, 1.165) is 19.3 Å². The molecule has 0 saturated carbocycles. The molecule has 2 saturated heterocycles. The molecule has 45 heavy (non-hydrogen) atoms. The Kier molecular flexibility index (Phi) is 11.6. The van der Waals surface area contributed by atoms with E-state index in [1.165, 1.54) is 29.2 Å². The summed E-state index contributed by atoms with van der Waals surface area (Å²) in [4.78, 5) is 40.6. The Hall–Kier alpha value is -3.05. The Balaban J connectivity index is 1.10. The first-order valence-corrected chi connectivity index (χ1v) is 16.0. The molecule has 3 amide bonds. The molecule has 1 N–H and O–H groups in total. The Bertz CT molecular complexity index is 1250. The molecule has 1 aliphatic carbocycles. The van der Waals surface area contributed by atoms with E-state index in [9.17, 15) is 27.6 Å². The fourth-order valence-electron chi connectivity index (χ4n) is 5.84. The average Bonchev–Trinajstić information content (AvgIpc) is 2.93. The molecule has 1 aromatic carbocycles. The number of hydrogen-bond acceptors (Lipinski definition) is 5. The maximum atomic E-state index is 13.8. The number of alkyl carbamates (subject to hydrolysis) is 1. The molecule has 0 spiro atoms. The first-order valence-electron chi connectivity index (χ1n) is 15.6. The minimum atomic E-state index is -4.64. The van der Waals surface area contributed by atoms with Gasteiger partial charge in [-0.05, 0) is 57.6 Å². The standard InChI is InChI=1S/C33H43ClF3N3O5/c1-32(2,3)45-31(43)38-24-20-40(21-24)29(41)26-13-12-25(19-27(26)34)44-18-8-7-9-22-14-16-39(17-15-22)30(42)28(33(35,36)37)23-10-5-4-6-11-23/h4-6,10-13,22,24-25,28H,7-9,14-21H2,1-3H3,(H,38,43)/t25?,28-/m0/s1. The molecular weight excluding hydrogens is 611 g/mol. The second-order valence-electron chi connectivity index (χ2n) is 13.0. The molecule has 12 heteroatoms. The van der Waals surface area contributed by atoms with Gasteiger partial charge in [-0.25, -0.2) is 4.79 Å². The zero-order chi connectivity index (χ0) is 32.8. The van der Waals surface area contributed by atoms with Crippen LogP contribution in [0.15, 0.2) is 53.1 Å². The van der Waals surface area contributed by atoms with Gasteiger partial charge in [0.25, 0.3) is 5.91 Å². The molecule has 4 rings (SSSR count). The van der Waals surface area contributed by atoms with Crippen LogP contribution in [0.5, 0.6) is 0 Å². The van der Waals surface area contributed by atoms with Crippen LogP contribution in [0, 0.1) is 5.92 Å². The highest BCUT2D eigenvalue weighted by Crippen LogP contribution is 2.37. The molecule has 2 fully saturated rings. The molecule has 8 nitrogen and oxygen atoms in total. The number of alkyl halides is 3. The number of unbranched alkanes of at least 4 members (excludes halogenated alkanes) is 1. The van der Waals surface area contributed by atoms with Gasteiger partial charge in [-0.15, -0.1) is 0 Å². The molecule has 2 heterocycles. The van der Waals surface area contributed by atoms with Crippen LogP contribution in [-0.4, -0.2) is 84.4 Å². The number of likely N-dealkylation sites (tertiary alicyclic amines) is 2. The topological polar surface area (TPSA) is 88.2 Å². The number of hydrogen-bond donors (Lipinski definition) is 1. The van der Waals surface area contributed by atoms with Crippen LogP contribution in [0.1, 0.15) is 70.8 Å². The summed E-state index contributed by atoms with van der Waals surface area (Å²) >= 11 is 6.47. The van der Waals surface area contributed by atoms with Crippen molar-refractivity contribution in [2.24, 2.45) is 5.92 Å². The summed E-state index contributed by atoms with van der Waals surface area (Å²) in [5, 5.41) is 3.20. The summed E-state index contributed by atoms with van der Waals surface area (Å²) in [5.41, 5.74) is -0.183. The lowest BCUT2D eigenvalue weighted by Crippen LogP contribution is -2.61. The van der Waals surface area contributed by atoms with Gasteiger partial charge in [0, 0.05) is 44.2 Å². The Morgan fingerprint density at radius 3 is 2.29 bits per heavy atom. The lowest BCUT2D eigenvalue weighted by atomic mass is 9.90. The van der Waals surface area contributed by atoms with Gasteiger partial charge in [0.05, 0.1) is 17.7 Å². The third-order valence-electron chi connectivity index (χ3n) is 8.24. The summed E-state index contributed by atoms with van der Waals surface area (Å²) < 4.78 is 52.5. The molecule has 0 radical (unpaired) electrons. The van der Waals surface area contributed by atoms with E-state index < -0.39 is 29.7 Å². The van der Waals surface area contributed by atoms with Gasteiger partial charge in [0.15, 0.2) is 5.92 Å². The maximum absolute atomic E-state index is 13.8. The number of ether oxygens (including phenoxy) is 2. The van der Waals surface area contributed by atoms with Crippen LogP contribution >= 0.6 is 11.6 Å². The summed E-state index contributed by atoms with van der Waals surface area (Å²) in [6, 6.07) is 7.22. The summed E-state index contributed by atoms with van der Waals surface area (Å²) in [6.45, 7) is 7.32. The van der Waals surface area contributed by atoms with Crippen LogP contribution in [0.2, 0.25) is 0 Å².